The first-order valence-electron chi connectivity index (χ1n) is 5.52. The van der Waals surface area contributed by atoms with Gasteiger partial charge in [-0.3, -0.25) is 4.79 Å². The molecule has 20 heavy (non-hydrogen) atoms. The van der Waals surface area contributed by atoms with Crippen LogP contribution in [0.5, 0.6) is 0 Å². The van der Waals surface area contributed by atoms with Crippen LogP contribution in [0.15, 0.2) is 16.4 Å². The second-order valence-electron chi connectivity index (χ2n) is 4.01. The molecule has 1 N–H and O–H groups in total. The van der Waals surface area contributed by atoms with Crippen molar-refractivity contribution in [3.05, 3.63) is 39.0 Å². The number of nitrogens with zero attached hydrogens (tertiary/aromatic N) is 6. The number of hydrogen-bond donors (Lipinski definition) is 1. The monoisotopic (exact) mass is 292 g/mol. The van der Waals surface area contributed by atoms with Crippen molar-refractivity contribution in [2.75, 3.05) is 0 Å². The summed E-state index contributed by atoms with van der Waals surface area (Å²) in [4.78, 5) is 27.4. The van der Waals surface area contributed by atoms with Crippen molar-refractivity contribution in [2.45, 2.75) is 13.5 Å². The number of aromatic nitrogens is 6. The first-order chi connectivity index (χ1) is 9.56. The Balaban J connectivity index is 2.01. The molecule has 0 fully saturated rings. The zero-order valence-corrected chi connectivity index (χ0v) is 11.0. The van der Waals surface area contributed by atoms with Gasteiger partial charge in [0.2, 0.25) is 4.96 Å². The number of fused-ring (bicyclic) bond motifs is 1. The maximum Gasteiger partial charge on any atom is 0.358 e. The van der Waals surface area contributed by atoms with Crippen LogP contribution < -0.4 is 5.56 Å². The van der Waals surface area contributed by atoms with Crippen LogP contribution in [-0.4, -0.2) is 40.7 Å². The van der Waals surface area contributed by atoms with Gasteiger partial charge in [0.1, 0.15) is 5.51 Å². The quantitative estimate of drug-likeness (QED) is 0.710. The number of carboxylic acids is 1. The summed E-state index contributed by atoms with van der Waals surface area (Å²) in [6, 6.07) is 1.34. The lowest BCUT2D eigenvalue weighted by Crippen LogP contribution is -2.17. The lowest BCUT2D eigenvalue weighted by Gasteiger charge is -2.02. The molecule has 0 aliphatic rings. The van der Waals surface area contributed by atoms with E-state index in [0.717, 1.165) is 0 Å². The Morgan fingerprint density at radius 2 is 2.30 bits per heavy atom. The van der Waals surface area contributed by atoms with Crippen molar-refractivity contribution < 1.29 is 9.90 Å². The predicted octanol–water partition coefficient (Wildman–Crippen LogP) is -0.203. The van der Waals surface area contributed by atoms with Crippen LogP contribution in [0.3, 0.4) is 0 Å². The van der Waals surface area contributed by atoms with Crippen molar-refractivity contribution >= 4 is 22.3 Å². The molecule has 3 rings (SSSR count). The minimum Gasteiger partial charge on any atom is -0.476 e. The highest BCUT2D eigenvalue weighted by Crippen LogP contribution is 2.08. The Morgan fingerprint density at radius 1 is 1.50 bits per heavy atom. The molecule has 0 radical (unpaired) electrons. The summed E-state index contributed by atoms with van der Waals surface area (Å²) in [6.45, 7) is 1.78. The zero-order valence-electron chi connectivity index (χ0n) is 10.2. The van der Waals surface area contributed by atoms with E-state index in [4.69, 9.17) is 5.11 Å². The molecule has 0 amide bonds. The summed E-state index contributed by atoms with van der Waals surface area (Å²) < 4.78 is 2.59. The van der Waals surface area contributed by atoms with Gasteiger partial charge in [-0.25, -0.2) is 14.5 Å². The Kier molecular flexibility index (Phi) is 2.79. The molecule has 0 aliphatic carbocycles. The summed E-state index contributed by atoms with van der Waals surface area (Å²) in [5.74, 6) is -1.14. The molecule has 0 saturated carbocycles. The molecule has 0 atom stereocenters. The third kappa shape index (κ3) is 1.95. The molecular formula is C10H8N6O3S. The SMILES string of the molecule is Cc1c(C(=O)O)nnn1Cc1cc(=O)n2ncsc2n1. The number of carboxylic acid groups (broad SMARTS) is 1. The van der Waals surface area contributed by atoms with Gasteiger partial charge in [0.15, 0.2) is 5.69 Å². The summed E-state index contributed by atoms with van der Waals surface area (Å²) in [5.41, 5.74) is 2.01. The third-order valence-electron chi connectivity index (χ3n) is 2.74. The summed E-state index contributed by atoms with van der Waals surface area (Å²) in [7, 11) is 0. The number of hydrogen-bond acceptors (Lipinski definition) is 7. The highest BCUT2D eigenvalue weighted by Gasteiger charge is 2.16. The van der Waals surface area contributed by atoms with E-state index >= 15 is 0 Å². The Morgan fingerprint density at radius 3 is 3.00 bits per heavy atom. The molecule has 0 aromatic carbocycles. The van der Waals surface area contributed by atoms with E-state index in [1.165, 1.54) is 32.1 Å². The Bertz CT molecular complexity index is 863. The smallest absolute Gasteiger partial charge is 0.358 e. The fourth-order valence-corrected chi connectivity index (χ4v) is 2.39. The first kappa shape index (κ1) is 12.4. The maximum absolute atomic E-state index is 11.8. The molecule has 0 aliphatic heterocycles. The maximum atomic E-state index is 11.8. The fraction of sp³-hybridized carbons (Fsp3) is 0.200. The van der Waals surface area contributed by atoms with E-state index < -0.39 is 5.97 Å². The summed E-state index contributed by atoms with van der Waals surface area (Å²) in [6.07, 6.45) is 0. The van der Waals surface area contributed by atoms with Crippen molar-refractivity contribution in [3.8, 4) is 0 Å². The van der Waals surface area contributed by atoms with Gasteiger partial charge in [-0.05, 0) is 6.92 Å². The molecule has 0 spiro atoms. The Labute approximate surface area is 115 Å². The van der Waals surface area contributed by atoms with Gasteiger partial charge in [-0.2, -0.15) is 9.61 Å². The second kappa shape index (κ2) is 4.49. The lowest BCUT2D eigenvalue weighted by molar-refractivity contribution is 0.0689. The highest BCUT2D eigenvalue weighted by molar-refractivity contribution is 7.14. The van der Waals surface area contributed by atoms with Crippen molar-refractivity contribution in [2.24, 2.45) is 0 Å². The van der Waals surface area contributed by atoms with Gasteiger partial charge in [0, 0.05) is 6.07 Å². The topological polar surface area (TPSA) is 115 Å². The molecule has 3 aromatic heterocycles. The molecule has 9 nitrogen and oxygen atoms in total. The van der Waals surface area contributed by atoms with E-state index in [0.29, 0.717) is 16.3 Å². The molecule has 10 heteroatoms. The standard InChI is InChI=1S/C10H8N6O3S/c1-5-8(9(18)19)13-14-15(5)3-6-2-7(17)16-10(12-6)20-4-11-16/h2,4H,3H2,1H3,(H,18,19). The molecular weight excluding hydrogens is 284 g/mol. The minimum absolute atomic E-state index is 0.111. The number of rotatable bonds is 3. The van der Waals surface area contributed by atoms with Crippen molar-refractivity contribution in [1.82, 2.24) is 29.6 Å². The van der Waals surface area contributed by atoms with E-state index in [-0.39, 0.29) is 17.8 Å². The number of carbonyl (C=O) groups is 1. The molecule has 0 saturated heterocycles. The largest absolute Gasteiger partial charge is 0.476 e. The molecule has 0 bridgehead atoms. The van der Waals surface area contributed by atoms with Gasteiger partial charge in [-0.1, -0.05) is 16.6 Å². The normalized spacial score (nSPS) is 11.1. The molecule has 102 valence electrons. The van der Waals surface area contributed by atoms with Gasteiger partial charge < -0.3 is 5.11 Å². The van der Waals surface area contributed by atoms with Crippen LogP contribution in [0.25, 0.3) is 4.96 Å². The van der Waals surface area contributed by atoms with Crippen LogP contribution in [0, 0.1) is 6.92 Å². The van der Waals surface area contributed by atoms with Gasteiger partial charge >= 0.3 is 5.97 Å². The number of aromatic carboxylic acids is 1. The van der Waals surface area contributed by atoms with Gasteiger partial charge in [0.05, 0.1) is 17.9 Å². The molecule has 3 aromatic rings. The fourth-order valence-electron chi connectivity index (χ4n) is 1.74. The van der Waals surface area contributed by atoms with Crippen molar-refractivity contribution in [3.63, 3.8) is 0 Å². The zero-order chi connectivity index (χ0) is 14.3. The van der Waals surface area contributed by atoms with E-state index in [1.807, 2.05) is 0 Å². The third-order valence-corrected chi connectivity index (χ3v) is 3.41. The van der Waals surface area contributed by atoms with Crippen LogP contribution in [0.1, 0.15) is 21.9 Å². The summed E-state index contributed by atoms with van der Waals surface area (Å²) >= 11 is 1.24. The van der Waals surface area contributed by atoms with E-state index in [1.54, 1.807) is 6.92 Å². The van der Waals surface area contributed by atoms with Gasteiger partial charge in [-0.15, -0.1) is 5.10 Å². The van der Waals surface area contributed by atoms with Crippen LogP contribution >= 0.6 is 11.3 Å². The van der Waals surface area contributed by atoms with Crippen LogP contribution in [-0.2, 0) is 6.54 Å². The van der Waals surface area contributed by atoms with E-state index in [2.05, 4.69) is 20.4 Å². The van der Waals surface area contributed by atoms with E-state index in [9.17, 15) is 9.59 Å². The van der Waals surface area contributed by atoms with Crippen LogP contribution in [0.4, 0.5) is 0 Å². The van der Waals surface area contributed by atoms with Crippen LogP contribution in [0.2, 0.25) is 0 Å². The second-order valence-corrected chi connectivity index (χ2v) is 4.82. The summed E-state index contributed by atoms with van der Waals surface area (Å²) in [5, 5.41) is 20.1. The predicted molar refractivity (Wildman–Crippen MR) is 68.0 cm³/mol. The van der Waals surface area contributed by atoms with Crippen molar-refractivity contribution in [1.29, 1.82) is 0 Å². The van der Waals surface area contributed by atoms with Gasteiger partial charge in [0.25, 0.3) is 5.56 Å². The first-order valence-corrected chi connectivity index (χ1v) is 6.40. The highest BCUT2D eigenvalue weighted by atomic mass is 32.1. The average Bonchev–Trinajstić information content (AvgIpc) is 2.97. The average molecular weight is 292 g/mol. The lowest BCUT2D eigenvalue weighted by atomic mass is 10.3. The minimum atomic E-state index is -1.14. The molecule has 3 heterocycles. The Hall–Kier alpha value is -2.62. The molecule has 0 unspecified atom stereocenters.